The average molecular weight is 327 g/mol. The molecule has 1 amide bonds. The van der Waals surface area contributed by atoms with Crippen LogP contribution in [0.4, 0.5) is 16.3 Å². The Morgan fingerprint density at radius 1 is 1.39 bits per heavy atom. The highest BCUT2D eigenvalue weighted by Crippen LogP contribution is 2.28. The quantitative estimate of drug-likeness (QED) is 0.451. The van der Waals surface area contributed by atoms with Crippen LogP contribution < -0.4 is 10.6 Å². The maximum atomic E-state index is 11.5. The number of alkyl carbamates (subject to hydrolysis) is 1. The van der Waals surface area contributed by atoms with Crippen molar-refractivity contribution in [3.8, 4) is 0 Å². The number of aryl methyl sites for hydroxylation is 2. The van der Waals surface area contributed by atoms with Crippen molar-refractivity contribution in [3.63, 3.8) is 0 Å². The molecular formula is C14H25N5O4. The number of carbonyl (C=O) groups excluding carboxylic acids is 1. The van der Waals surface area contributed by atoms with Gasteiger partial charge in [-0.15, -0.1) is 0 Å². The van der Waals surface area contributed by atoms with E-state index in [1.54, 1.807) is 27.8 Å². The molecule has 1 aromatic rings. The summed E-state index contributed by atoms with van der Waals surface area (Å²) in [5.41, 5.74) is -0.109. The van der Waals surface area contributed by atoms with Crippen LogP contribution in [0.1, 0.15) is 39.8 Å². The lowest BCUT2D eigenvalue weighted by molar-refractivity contribution is -0.384. The second-order valence-corrected chi connectivity index (χ2v) is 6.13. The largest absolute Gasteiger partial charge is 0.444 e. The monoisotopic (exact) mass is 327 g/mol. The molecule has 0 aromatic carbocycles. The number of rotatable bonds is 7. The Morgan fingerprint density at radius 2 is 2.04 bits per heavy atom. The maximum Gasteiger partial charge on any atom is 0.407 e. The van der Waals surface area contributed by atoms with Gasteiger partial charge >= 0.3 is 11.8 Å². The Balaban J connectivity index is 2.61. The van der Waals surface area contributed by atoms with E-state index in [0.29, 0.717) is 24.5 Å². The smallest absolute Gasteiger partial charge is 0.407 e. The van der Waals surface area contributed by atoms with E-state index in [2.05, 4.69) is 15.7 Å². The van der Waals surface area contributed by atoms with Crippen molar-refractivity contribution in [1.82, 2.24) is 15.1 Å². The molecule has 0 saturated heterocycles. The number of aromatic nitrogens is 2. The van der Waals surface area contributed by atoms with Gasteiger partial charge < -0.3 is 15.4 Å². The Hall–Kier alpha value is -2.32. The van der Waals surface area contributed by atoms with Crippen molar-refractivity contribution in [1.29, 1.82) is 0 Å². The molecule has 130 valence electrons. The molecule has 0 aliphatic carbocycles. The molecule has 0 spiro atoms. The van der Waals surface area contributed by atoms with Crippen molar-refractivity contribution in [2.24, 2.45) is 7.05 Å². The fourth-order valence-electron chi connectivity index (χ4n) is 2.02. The molecule has 0 aliphatic rings. The van der Waals surface area contributed by atoms with Gasteiger partial charge in [0.1, 0.15) is 11.3 Å². The van der Waals surface area contributed by atoms with Crippen LogP contribution in [0.2, 0.25) is 0 Å². The standard InChI is InChI=1S/C14H25N5O4/c1-6-7-10-11(19(21)22)12(18(5)17-10)15-8-9-16-13(20)23-14(2,3)4/h15H,6-9H2,1-5H3,(H,16,20). The van der Waals surface area contributed by atoms with E-state index in [4.69, 9.17) is 4.74 Å². The van der Waals surface area contributed by atoms with E-state index in [9.17, 15) is 14.9 Å². The minimum atomic E-state index is -0.562. The summed E-state index contributed by atoms with van der Waals surface area (Å²) in [7, 11) is 1.65. The summed E-state index contributed by atoms with van der Waals surface area (Å²) < 4.78 is 6.56. The van der Waals surface area contributed by atoms with Crippen LogP contribution in [0.25, 0.3) is 0 Å². The molecule has 9 nitrogen and oxygen atoms in total. The van der Waals surface area contributed by atoms with Crippen LogP contribution in [-0.4, -0.2) is 39.5 Å². The number of ether oxygens (including phenoxy) is 1. The molecule has 0 radical (unpaired) electrons. The first-order valence-electron chi connectivity index (χ1n) is 7.56. The summed E-state index contributed by atoms with van der Waals surface area (Å²) in [5, 5.41) is 21.0. The number of nitro groups is 1. The van der Waals surface area contributed by atoms with Gasteiger partial charge in [0.2, 0.25) is 5.82 Å². The Morgan fingerprint density at radius 3 is 2.57 bits per heavy atom. The predicted molar refractivity (Wildman–Crippen MR) is 86.6 cm³/mol. The first-order chi connectivity index (χ1) is 10.7. The lowest BCUT2D eigenvalue weighted by Crippen LogP contribution is -2.35. The second kappa shape index (κ2) is 7.80. The molecule has 1 aromatic heterocycles. The van der Waals surface area contributed by atoms with Gasteiger partial charge in [0.05, 0.1) is 4.92 Å². The van der Waals surface area contributed by atoms with Gasteiger partial charge in [0.25, 0.3) is 0 Å². The van der Waals surface area contributed by atoms with Crippen molar-refractivity contribution in [3.05, 3.63) is 15.8 Å². The fourth-order valence-corrected chi connectivity index (χ4v) is 2.02. The van der Waals surface area contributed by atoms with Gasteiger partial charge in [-0.3, -0.25) is 10.1 Å². The van der Waals surface area contributed by atoms with Gasteiger partial charge in [-0.2, -0.15) is 5.10 Å². The van der Waals surface area contributed by atoms with E-state index >= 15 is 0 Å². The Kier molecular flexibility index (Phi) is 6.35. The summed E-state index contributed by atoms with van der Waals surface area (Å²) in [6.45, 7) is 7.87. The van der Waals surface area contributed by atoms with Crippen LogP contribution in [0.15, 0.2) is 0 Å². The second-order valence-electron chi connectivity index (χ2n) is 6.13. The number of nitrogens with zero attached hydrogens (tertiary/aromatic N) is 3. The number of nitrogens with one attached hydrogen (secondary N) is 2. The van der Waals surface area contributed by atoms with Crippen molar-refractivity contribution < 1.29 is 14.5 Å². The lowest BCUT2D eigenvalue weighted by Gasteiger charge is -2.19. The number of anilines is 1. The van der Waals surface area contributed by atoms with Crippen molar-refractivity contribution >= 4 is 17.6 Å². The van der Waals surface area contributed by atoms with Crippen molar-refractivity contribution in [2.75, 3.05) is 18.4 Å². The zero-order chi connectivity index (χ0) is 17.6. The summed E-state index contributed by atoms with van der Waals surface area (Å²) in [6.07, 6.45) is 0.796. The van der Waals surface area contributed by atoms with Crippen molar-refractivity contribution in [2.45, 2.75) is 46.1 Å². The molecule has 2 N–H and O–H groups in total. The molecule has 0 aliphatic heterocycles. The molecule has 1 heterocycles. The molecule has 0 fully saturated rings. The van der Waals surface area contributed by atoms with Gasteiger partial charge in [-0.1, -0.05) is 13.3 Å². The van der Waals surface area contributed by atoms with E-state index in [1.165, 1.54) is 4.68 Å². The number of amides is 1. The van der Waals surface area contributed by atoms with Crippen LogP contribution >= 0.6 is 0 Å². The van der Waals surface area contributed by atoms with E-state index in [0.717, 1.165) is 6.42 Å². The highest BCUT2D eigenvalue weighted by molar-refractivity contribution is 5.67. The summed E-state index contributed by atoms with van der Waals surface area (Å²) in [5.74, 6) is 0.337. The molecule has 0 bridgehead atoms. The first kappa shape index (κ1) is 18.7. The number of hydrogen-bond acceptors (Lipinski definition) is 6. The van der Waals surface area contributed by atoms with Crippen LogP contribution in [0, 0.1) is 10.1 Å². The molecule has 0 saturated carbocycles. The molecular weight excluding hydrogens is 302 g/mol. The minimum Gasteiger partial charge on any atom is -0.444 e. The number of hydrogen-bond donors (Lipinski definition) is 2. The summed E-state index contributed by atoms with van der Waals surface area (Å²) in [6, 6.07) is 0. The SMILES string of the molecule is CCCc1nn(C)c(NCCNC(=O)OC(C)(C)C)c1[N+](=O)[O-]. The fraction of sp³-hybridized carbons (Fsp3) is 0.714. The predicted octanol–water partition coefficient (Wildman–Crippen LogP) is 2.22. The van der Waals surface area contributed by atoms with Gasteiger partial charge in [-0.05, 0) is 27.2 Å². The van der Waals surface area contributed by atoms with Gasteiger partial charge in [0.15, 0.2) is 0 Å². The molecule has 0 atom stereocenters. The highest BCUT2D eigenvalue weighted by atomic mass is 16.6. The highest BCUT2D eigenvalue weighted by Gasteiger charge is 2.25. The third kappa shape index (κ3) is 5.76. The zero-order valence-corrected chi connectivity index (χ0v) is 14.3. The lowest BCUT2D eigenvalue weighted by atomic mass is 10.2. The van der Waals surface area contributed by atoms with Gasteiger partial charge in [-0.25, -0.2) is 9.48 Å². The molecule has 23 heavy (non-hydrogen) atoms. The molecule has 1 rings (SSSR count). The zero-order valence-electron chi connectivity index (χ0n) is 14.3. The Bertz CT molecular complexity index is 562. The Labute approximate surface area is 135 Å². The average Bonchev–Trinajstić information content (AvgIpc) is 2.69. The summed E-state index contributed by atoms with van der Waals surface area (Å²) in [4.78, 5) is 22.3. The van der Waals surface area contributed by atoms with Crippen LogP contribution in [0.3, 0.4) is 0 Å². The summed E-state index contributed by atoms with van der Waals surface area (Å²) >= 11 is 0. The third-order valence-electron chi connectivity index (χ3n) is 2.85. The topological polar surface area (TPSA) is 111 Å². The number of carbonyl (C=O) groups is 1. The first-order valence-corrected chi connectivity index (χ1v) is 7.56. The normalized spacial score (nSPS) is 11.2. The van der Waals surface area contributed by atoms with Gasteiger partial charge in [0, 0.05) is 20.1 Å². The van der Waals surface area contributed by atoms with Crippen LogP contribution in [-0.2, 0) is 18.2 Å². The van der Waals surface area contributed by atoms with E-state index < -0.39 is 16.6 Å². The van der Waals surface area contributed by atoms with E-state index in [1.807, 2.05) is 6.92 Å². The maximum absolute atomic E-state index is 11.5. The van der Waals surface area contributed by atoms with Crippen LogP contribution in [0.5, 0.6) is 0 Å². The molecule has 0 unspecified atom stereocenters. The third-order valence-corrected chi connectivity index (χ3v) is 2.85. The molecule has 9 heteroatoms. The minimum absolute atomic E-state index is 0.00776. The van der Waals surface area contributed by atoms with E-state index in [-0.39, 0.29) is 12.2 Å².